The second-order valence-corrected chi connectivity index (χ2v) is 4.94. The number of nitrogens with zero attached hydrogens (tertiary/aromatic N) is 5. The number of hydrogen-bond acceptors (Lipinski definition) is 5. The van der Waals surface area contributed by atoms with E-state index in [0.29, 0.717) is 12.1 Å². The molecule has 0 amide bonds. The molecule has 1 unspecified atom stereocenters. The molecule has 86 valence electrons. The van der Waals surface area contributed by atoms with Crippen molar-refractivity contribution in [1.29, 1.82) is 0 Å². The highest BCUT2D eigenvalue weighted by atomic mass is 16.3. The van der Waals surface area contributed by atoms with Crippen molar-refractivity contribution < 1.29 is 5.11 Å². The molecule has 2 heterocycles. The number of aromatic nitrogens is 5. The fourth-order valence-electron chi connectivity index (χ4n) is 1.30. The third-order valence-electron chi connectivity index (χ3n) is 2.53. The lowest BCUT2D eigenvalue weighted by atomic mass is 9.86. The van der Waals surface area contributed by atoms with Gasteiger partial charge in [-0.1, -0.05) is 20.8 Å². The van der Waals surface area contributed by atoms with Crippen LogP contribution in [0.3, 0.4) is 0 Å². The molecule has 0 fully saturated rings. The van der Waals surface area contributed by atoms with Crippen LogP contribution in [0, 0.1) is 5.41 Å². The Morgan fingerprint density at radius 1 is 1.38 bits per heavy atom. The first-order valence-corrected chi connectivity index (χ1v) is 5.19. The van der Waals surface area contributed by atoms with Crippen molar-refractivity contribution in [2.24, 2.45) is 5.41 Å². The van der Waals surface area contributed by atoms with Gasteiger partial charge < -0.3 is 5.11 Å². The minimum atomic E-state index is -0.436. The van der Waals surface area contributed by atoms with Gasteiger partial charge in [0.05, 0.1) is 11.8 Å². The SMILES string of the molecule is CC(C)(C)C(O)Cc1ccc2nnnn2n1. The number of aliphatic hydroxyl groups excluding tert-OH is 1. The summed E-state index contributed by atoms with van der Waals surface area (Å²) in [6.45, 7) is 5.98. The maximum Gasteiger partial charge on any atom is 0.199 e. The smallest absolute Gasteiger partial charge is 0.199 e. The summed E-state index contributed by atoms with van der Waals surface area (Å²) in [5.41, 5.74) is 1.23. The van der Waals surface area contributed by atoms with Gasteiger partial charge in [0.25, 0.3) is 0 Å². The average Bonchev–Trinajstić information content (AvgIpc) is 2.63. The van der Waals surface area contributed by atoms with E-state index >= 15 is 0 Å². The van der Waals surface area contributed by atoms with Gasteiger partial charge in [-0.3, -0.25) is 0 Å². The Morgan fingerprint density at radius 3 is 2.81 bits per heavy atom. The van der Waals surface area contributed by atoms with Crippen LogP contribution in [-0.4, -0.2) is 36.5 Å². The molecule has 0 aliphatic rings. The first kappa shape index (κ1) is 10.9. The Labute approximate surface area is 93.3 Å². The Hall–Kier alpha value is -1.56. The lowest BCUT2D eigenvalue weighted by molar-refractivity contribution is 0.0625. The summed E-state index contributed by atoms with van der Waals surface area (Å²) in [5.74, 6) is 0. The molecule has 0 spiro atoms. The fourth-order valence-corrected chi connectivity index (χ4v) is 1.30. The summed E-state index contributed by atoms with van der Waals surface area (Å²) in [6, 6.07) is 3.62. The molecule has 0 aromatic carbocycles. The van der Waals surface area contributed by atoms with Crippen LogP contribution in [0.1, 0.15) is 26.5 Å². The van der Waals surface area contributed by atoms with E-state index in [9.17, 15) is 5.11 Å². The van der Waals surface area contributed by atoms with E-state index in [1.54, 1.807) is 6.07 Å². The van der Waals surface area contributed by atoms with Gasteiger partial charge in [-0.05, 0) is 28.0 Å². The third-order valence-corrected chi connectivity index (χ3v) is 2.53. The normalized spacial score (nSPS) is 14.2. The molecular formula is C10H15N5O. The van der Waals surface area contributed by atoms with Crippen LogP contribution < -0.4 is 0 Å². The highest BCUT2D eigenvalue weighted by Gasteiger charge is 2.22. The molecule has 0 aliphatic heterocycles. The van der Waals surface area contributed by atoms with Crippen LogP contribution in [0.4, 0.5) is 0 Å². The maximum atomic E-state index is 9.96. The molecule has 0 radical (unpaired) electrons. The third kappa shape index (κ3) is 2.16. The first-order chi connectivity index (χ1) is 7.47. The van der Waals surface area contributed by atoms with Crippen molar-refractivity contribution >= 4 is 5.65 Å². The number of rotatable bonds is 2. The van der Waals surface area contributed by atoms with Crippen LogP contribution in [0.2, 0.25) is 0 Å². The lowest BCUT2D eigenvalue weighted by Gasteiger charge is -2.25. The molecule has 6 nitrogen and oxygen atoms in total. The van der Waals surface area contributed by atoms with Crippen LogP contribution in [0.15, 0.2) is 12.1 Å². The second kappa shape index (κ2) is 3.79. The quantitative estimate of drug-likeness (QED) is 0.797. The summed E-state index contributed by atoms with van der Waals surface area (Å²) >= 11 is 0. The summed E-state index contributed by atoms with van der Waals surface area (Å²) in [5, 5.41) is 25.2. The van der Waals surface area contributed by atoms with E-state index < -0.39 is 6.10 Å². The van der Waals surface area contributed by atoms with Crippen LogP contribution in [0.5, 0.6) is 0 Å². The van der Waals surface area contributed by atoms with Crippen molar-refractivity contribution in [2.75, 3.05) is 0 Å². The predicted molar refractivity (Wildman–Crippen MR) is 57.7 cm³/mol. The summed E-state index contributed by atoms with van der Waals surface area (Å²) in [6.07, 6.45) is 0.0631. The van der Waals surface area contributed by atoms with Crippen molar-refractivity contribution in [2.45, 2.75) is 33.3 Å². The standard InChI is InChI=1S/C10H15N5O/c1-10(2,3)8(16)6-7-4-5-9-11-13-14-15(9)12-7/h4-5,8,16H,6H2,1-3H3. The number of fused-ring (bicyclic) bond motifs is 1. The predicted octanol–water partition coefficient (Wildman–Crippen LogP) is 0.469. The molecule has 0 aliphatic carbocycles. The summed E-state index contributed by atoms with van der Waals surface area (Å²) in [4.78, 5) is 0. The van der Waals surface area contributed by atoms with Crippen molar-refractivity contribution in [3.05, 3.63) is 17.8 Å². The van der Waals surface area contributed by atoms with Gasteiger partial charge in [0.1, 0.15) is 0 Å². The number of hydrogen-bond donors (Lipinski definition) is 1. The van der Waals surface area contributed by atoms with Gasteiger partial charge in [-0.25, -0.2) is 0 Å². The molecule has 2 aromatic heterocycles. The van der Waals surface area contributed by atoms with Crippen LogP contribution >= 0.6 is 0 Å². The maximum absolute atomic E-state index is 9.96. The molecule has 0 bridgehead atoms. The van der Waals surface area contributed by atoms with E-state index in [4.69, 9.17) is 0 Å². The van der Waals surface area contributed by atoms with E-state index in [-0.39, 0.29) is 5.41 Å². The highest BCUT2D eigenvalue weighted by Crippen LogP contribution is 2.21. The molecule has 16 heavy (non-hydrogen) atoms. The second-order valence-electron chi connectivity index (χ2n) is 4.94. The Kier molecular flexibility index (Phi) is 2.59. The summed E-state index contributed by atoms with van der Waals surface area (Å²) in [7, 11) is 0. The number of tetrazole rings is 1. The average molecular weight is 221 g/mol. The van der Waals surface area contributed by atoms with Gasteiger partial charge in [0.2, 0.25) is 0 Å². The first-order valence-electron chi connectivity index (χ1n) is 5.19. The van der Waals surface area contributed by atoms with Gasteiger partial charge in [0, 0.05) is 6.42 Å². The van der Waals surface area contributed by atoms with Crippen LogP contribution in [0.25, 0.3) is 5.65 Å². The van der Waals surface area contributed by atoms with E-state index in [2.05, 4.69) is 20.6 Å². The van der Waals surface area contributed by atoms with Crippen molar-refractivity contribution in [1.82, 2.24) is 25.3 Å². The largest absolute Gasteiger partial charge is 0.392 e. The lowest BCUT2D eigenvalue weighted by Crippen LogP contribution is -2.28. The van der Waals surface area contributed by atoms with Crippen molar-refractivity contribution in [3.8, 4) is 0 Å². The zero-order valence-corrected chi connectivity index (χ0v) is 9.62. The van der Waals surface area contributed by atoms with Gasteiger partial charge in [-0.15, -0.1) is 9.73 Å². The van der Waals surface area contributed by atoms with Crippen molar-refractivity contribution in [3.63, 3.8) is 0 Å². The topological polar surface area (TPSA) is 76.2 Å². The molecule has 6 heteroatoms. The van der Waals surface area contributed by atoms with Crippen LogP contribution in [-0.2, 0) is 6.42 Å². The zero-order valence-electron chi connectivity index (χ0n) is 9.62. The molecule has 2 rings (SSSR count). The molecule has 0 saturated carbocycles. The summed E-state index contributed by atoms with van der Waals surface area (Å²) < 4.78 is 1.37. The molecule has 1 atom stereocenters. The monoisotopic (exact) mass is 221 g/mol. The van der Waals surface area contributed by atoms with Gasteiger partial charge in [0.15, 0.2) is 5.65 Å². The zero-order chi connectivity index (χ0) is 11.8. The Morgan fingerprint density at radius 2 is 2.12 bits per heavy atom. The van der Waals surface area contributed by atoms with E-state index in [1.165, 1.54) is 4.63 Å². The van der Waals surface area contributed by atoms with E-state index in [0.717, 1.165) is 5.69 Å². The van der Waals surface area contributed by atoms with E-state index in [1.807, 2.05) is 26.8 Å². The Bertz CT molecular complexity index is 487. The Balaban J connectivity index is 2.21. The molecule has 0 saturated heterocycles. The van der Waals surface area contributed by atoms with Gasteiger partial charge in [-0.2, -0.15) is 5.10 Å². The molecule has 2 aromatic rings. The molecular weight excluding hydrogens is 206 g/mol. The minimum absolute atomic E-state index is 0.156. The minimum Gasteiger partial charge on any atom is -0.392 e. The fraction of sp³-hybridized carbons (Fsp3) is 0.600. The highest BCUT2D eigenvalue weighted by molar-refractivity contribution is 5.32. The molecule has 1 N–H and O–H groups in total. The number of aliphatic hydroxyl groups is 1. The van der Waals surface area contributed by atoms with Gasteiger partial charge >= 0.3 is 0 Å².